The molecule has 0 atom stereocenters. The van der Waals surface area contributed by atoms with Crippen LogP contribution in [0.4, 0.5) is 0 Å². The second kappa shape index (κ2) is 9.30. The molecular formula is C24H23N3O5. The van der Waals surface area contributed by atoms with Gasteiger partial charge in [0.05, 0.1) is 45.5 Å². The number of aromatic nitrogens is 2. The van der Waals surface area contributed by atoms with Crippen LogP contribution in [0, 0.1) is 0 Å². The van der Waals surface area contributed by atoms with Gasteiger partial charge in [-0.2, -0.15) is 5.10 Å². The number of hydrogen-bond acceptors (Lipinski definition) is 6. The van der Waals surface area contributed by atoms with Gasteiger partial charge in [-0.1, -0.05) is 0 Å². The van der Waals surface area contributed by atoms with E-state index < -0.39 is 0 Å². The van der Waals surface area contributed by atoms with Gasteiger partial charge >= 0.3 is 0 Å². The zero-order valence-electron chi connectivity index (χ0n) is 18.0. The van der Waals surface area contributed by atoms with E-state index in [1.807, 2.05) is 36.4 Å². The lowest BCUT2D eigenvalue weighted by molar-refractivity contribution is 0.0940. The molecule has 2 heterocycles. The quantitative estimate of drug-likeness (QED) is 0.450. The zero-order chi connectivity index (χ0) is 22.5. The van der Waals surface area contributed by atoms with Gasteiger partial charge in [0, 0.05) is 11.6 Å². The maximum absolute atomic E-state index is 13.1. The third kappa shape index (κ3) is 4.29. The van der Waals surface area contributed by atoms with Crippen molar-refractivity contribution in [3.05, 3.63) is 78.4 Å². The van der Waals surface area contributed by atoms with E-state index in [0.29, 0.717) is 40.1 Å². The number of benzene rings is 2. The van der Waals surface area contributed by atoms with Gasteiger partial charge in [0.1, 0.15) is 28.7 Å². The lowest BCUT2D eigenvalue weighted by Gasteiger charge is -2.09. The second-order valence-corrected chi connectivity index (χ2v) is 6.85. The minimum atomic E-state index is -0.288. The normalized spacial score (nSPS) is 10.6. The SMILES string of the molecule is COc1ccc(-n2nc(-c3ccc(OC)cc3OC)cc2C(=O)NCc2ccco2)cc1. The highest BCUT2D eigenvalue weighted by Gasteiger charge is 2.20. The van der Waals surface area contributed by atoms with Crippen LogP contribution >= 0.6 is 0 Å². The maximum atomic E-state index is 13.1. The Morgan fingerprint density at radius 2 is 1.72 bits per heavy atom. The summed E-state index contributed by atoms with van der Waals surface area (Å²) >= 11 is 0. The largest absolute Gasteiger partial charge is 0.497 e. The van der Waals surface area contributed by atoms with Crippen LogP contribution in [0.1, 0.15) is 16.2 Å². The van der Waals surface area contributed by atoms with Crippen molar-refractivity contribution >= 4 is 5.91 Å². The van der Waals surface area contributed by atoms with Gasteiger partial charge in [0.15, 0.2) is 0 Å². The molecule has 0 aliphatic heterocycles. The van der Waals surface area contributed by atoms with Gasteiger partial charge in [-0.15, -0.1) is 0 Å². The fourth-order valence-electron chi connectivity index (χ4n) is 3.28. The summed E-state index contributed by atoms with van der Waals surface area (Å²) in [6.07, 6.45) is 1.57. The number of amides is 1. The zero-order valence-corrected chi connectivity index (χ0v) is 18.0. The molecule has 1 amide bonds. The molecule has 32 heavy (non-hydrogen) atoms. The Morgan fingerprint density at radius 3 is 2.38 bits per heavy atom. The smallest absolute Gasteiger partial charge is 0.270 e. The van der Waals surface area contributed by atoms with Gasteiger partial charge in [-0.05, 0) is 54.6 Å². The molecule has 0 aliphatic carbocycles. The Morgan fingerprint density at radius 1 is 0.969 bits per heavy atom. The molecule has 0 unspecified atom stereocenters. The molecule has 1 N–H and O–H groups in total. The highest BCUT2D eigenvalue weighted by atomic mass is 16.5. The molecule has 0 saturated heterocycles. The molecule has 8 nitrogen and oxygen atoms in total. The number of rotatable bonds is 8. The number of carbonyl (C=O) groups is 1. The number of hydrogen-bond donors (Lipinski definition) is 1. The van der Waals surface area contributed by atoms with Crippen LogP contribution in [0.3, 0.4) is 0 Å². The van der Waals surface area contributed by atoms with Crippen molar-refractivity contribution in [2.75, 3.05) is 21.3 Å². The number of carbonyl (C=O) groups excluding carboxylic acids is 1. The number of nitrogens with one attached hydrogen (secondary N) is 1. The third-order valence-corrected chi connectivity index (χ3v) is 4.95. The van der Waals surface area contributed by atoms with E-state index in [4.69, 9.17) is 23.7 Å². The topological polar surface area (TPSA) is 87.8 Å². The summed E-state index contributed by atoms with van der Waals surface area (Å²) in [5.74, 6) is 2.33. The van der Waals surface area contributed by atoms with Gasteiger partial charge < -0.3 is 23.9 Å². The van der Waals surface area contributed by atoms with Crippen LogP contribution in [-0.4, -0.2) is 37.0 Å². The first-order chi connectivity index (χ1) is 15.6. The van der Waals surface area contributed by atoms with Gasteiger partial charge in [-0.25, -0.2) is 4.68 Å². The number of nitrogens with zero attached hydrogens (tertiary/aromatic N) is 2. The molecule has 8 heteroatoms. The van der Waals surface area contributed by atoms with Crippen LogP contribution < -0.4 is 19.5 Å². The number of ether oxygens (including phenoxy) is 3. The summed E-state index contributed by atoms with van der Waals surface area (Å²) in [6.45, 7) is 0.265. The monoisotopic (exact) mass is 433 g/mol. The molecule has 0 spiro atoms. The molecule has 0 bridgehead atoms. The van der Waals surface area contributed by atoms with Crippen LogP contribution in [-0.2, 0) is 6.54 Å². The van der Waals surface area contributed by atoms with Crippen LogP contribution in [0.5, 0.6) is 17.2 Å². The van der Waals surface area contributed by atoms with Gasteiger partial charge in [0.2, 0.25) is 0 Å². The van der Waals surface area contributed by atoms with Crippen molar-refractivity contribution in [1.82, 2.24) is 15.1 Å². The van der Waals surface area contributed by atoms with E-state index in [2.05, 4.69) is 5.32 Å². The predicted molar refractivity (Wildman–Crippen MR) is 119 cm³/mol. The van der Waals surface area contributed by atoms with Crippen molar-refractivity contribution in [2.24, 2.45) is 0 Å². The molecule has 2 aromatic heterocycles. The third-order valence-electron chi connectivity index (χ3n) is 4.95. The highest BCUT2D eigenvalue weighted by molar-refractivity contribution is 5.94. The molecule has 0 saturated carbocycles. The molecular weight excluding hydrogens is 410 g/mol. The van der Waals surface area contributed by atoms with E-state index >= 15 is 0 Å². The Hall–Kier alpha value is -4.20. The number of furan rings is 1. The van der Waals surface area contributed by atoms with E-state index in [1.165, 1.54) is 0 Å². The Labute approximate surface area is 185 Å². The lowest BCUT2D eigenvalue weighted by Crippen LogP contribution is -2.25. The van der Waals surface area contributed by atoms with Crippen molar-refractivity contribution in [3.63, 3.8) is 0 Å². The van der Waals surface area contributed by atoms with Crippen molar-refractivity contribution in [3.8, 4) is 34.2 Å². The fraction of sp³-hybridized carbons (Fsp3) is 0.167. The summed E-state index contributed by atoms with van der Waals surface area (Å²) in [7, 11) is 4.77. The van der Waals surface area contributed by atoms with Gasteiger partial charge in [0.25, 0.3) is 5.91 Å². The van der Waals surface area contributed by atoms with Crippen molar-refractivity contribution < 1.29 is 23.4 Å². The Bertz CT molecular complexity index is 1200. The van der Waals surface area contributed by atoms with Crippen molar-refractivity contribution in [1.29, 1.82) is 0 Å². The van der Waals surface area contributed by atoms with Crippen LogP contribution in [0.2, 0.25) is 0 Å². The minimum absolute atomic E-state index is 0.265. The summed E-state index contributed by atoms with van der Waals surface area (Å²) in [6, 6.07) is 18.1. The minimum Gasteiger partial charge on any atom is -0.497 e. The second-order valence-electron chi connectivity index (χ2n) is 6.85. The fourth-order valence-corrected chi connectivity index (χ4v) is 3.28. The lowest BCUT2D eigenvalue weighted by atomic mass is 10.1. The van der Waals surface area contributed by atoms with E-state index in [1.54, 1.807) is 56.5 Å². The first-order valence-corrected chi connectivity index (χ1v) is 9.90. The summed E-state index contributed by atoms with van der Waals surface area (Å²) < 4.78 is 23.0. The Balaban J connectivity index is 1.74. The Kier molecular flexibility index (Phi) is 6.12. The van der Waals surface area contributed by atoms with Crippen LogP contribution in [0.15, 0.2) is 71.3 Å². The van der Waals surface area contributed by atoms with Crippen molar-refractivity contribution in [2.45, 2.75) is 6.54 Å². The molecule has 0 aliphatic rings. The van der Waals surface area contributed by atoms with E-state index in [0.717, 1.165) is 5.56 Å². The first kappa shape index (κ1) is 21.0. The van der Waals surface area contributed by atoms with E-state index in [9.17, 15) is 4.79 Å². The summed E-state index contributed by atoms with van der Waals surface area (Å²) in [5.41, 5.74) is 2.41. The summed E-state index contributed by atoms with van der Waals surface area (Å²) in [5, 5.41) is 7.58. The average molecular weight is 433 g/mol. The molecule has 164 valence electrons. The summed E-state index contributed by atoms with van der Waals surface area (Å²) in [4.78, 5) is 13.1. The molecule has 0 radical (unpaired) electrons. The maximum Gasteiger partial charge on any atom is 0.270 e. The predicted octanol–water partition coefficient (Wildman–Crippen LogP) is 4.09. The molecule has 4 aromatic rings. The van der Waals surface area contributed by atoms with Gasteiger partial charge in [-0.3, -0.25) is 4.79 Å². The molecule has 4 rings (SSSR count). The molecule has 2 aromatic carbocycles. The number of methoxy groups -OCH3 is 3. The molecule has 0 fully saturated rings. The first-order valence-electron chi connectivity index (χ1n) is 9.90. The van der Waals surface area contributed by atoms with E-state index in [-0.39, 0.29) is 12.5 Å². The average Bonchev–Trinajstić information content (AvgIpc) is 3.52. The standard InChI is InChI=1S/C24H23N3O5/c1-29-17-8-6-16(7-9-17)27-22(24(28)25-15-19-5-4-12-32-19)14-21(26-27)20-11-10-18(30-2)13-23(20)31-3/h4-14H,15H2,1-3H3,(H,25,28). The highest BCUT2D eigenvalue weighted by Crippen LogP contribution is 2.33. The van der Waals surface area contributed by atoms with Crippen LogP contribution in [0.25, 0.3) is 16.9 Å².